The SMILES string of the molecule is CC(NCc1ncc(Cl)s1)c1ccc(Cl)cc1. The van der Waals surface area contributed by atoms with Crippen LogP contribution in [0.25, 0.3) is 0 Å². The number of nitrogens with one attached hydrogen (secondary N) is 1. The van der Waals surface area contributed by atoms with Crippen LogP contribution in [0.5, 0.6) is 0 Å². The summed E-state index contributed by atoms with van der Waals surface area (Å²) < 4.78 is 0.723. The van der Waals surface area contributed by atoms with Crippen LogP contribution in [-0.4, -0.2) is 4.98 Å². The first kappa shape index (κ1) is 12.8. The molecule has 0 spiro atoms. The number of nitrogens with zero attached hydrogens (tertiary/aromatic N) is 1. The number of benzene rings is 1. The van der Waals surface area contributed by atoms with Gasteiger partial charge in [0.05, 0.1) is 6.20 Å². The van der Waals surface area contributed by atoms with Crippen LogP contribution < -0.4 is 5.32 Å². The standard InChI is InChI=1S/C12H12Cl2N2S/c1-8(9-2-4-10(13)5-3-9)15-7-12-16-6-11(14)17-12/h2-6,8,15H,7H2,1H3. The van der Waals surface area contributed by atoms with E-state index in [1.54, 1.807) is 6.20 Å². The van der Waals surface area contributed by atoms with E-state index in [2.05, 4.69) is 17.2 Å². The van der Waals surface area contributed by atoms with E-state index in [9.17, 15) is 0 Å². The number of hydrogen-bond donors (Lipinski definition) is 1. The van der Waals surface area contributed by atoms with Crippen LogP contribution >= 0.6 is 34.5 Å². The Bertz CT molecular complexity index is 482. The van der Waals surface area contributed by atoms with Gasteiger partial charge in [-0.15, -0.1) is 11.3 Å². The van der Waals surface area contributed by atoms with Crippen LogP contribution in [0, 0.1) is 0 Å². The van der Waals surface area contributed by atoms with Gasteiger partial charge in [-0.1, -0.05) is 35.3 Å². The van der Waals surface area contributed by atoms with E-state index in [4.69, 9.17) is 23.2 Å². The highest BCUT2D eigenvalue weighted by molar-refractivity contribution is 7.15. The lowest BCUT2D eigenvalue weighted by Gasteiger charge is -2.13. The first-order valence-corrected chi connectivity index (χ1v) is 6.81. The van der Waals surface area contributed by atoms with Gasteiger partial charge in [-0.2, -0.15) is 0 Å². The van der Waals surface area contributed by atoms with Gasteiger partial charge >= 0.3 is 0 Å². The third kappa shape index (κ3) is 3.68. The molecule has 2 nitrogen and oxygen atoms in total. The van der Waals surface area contributed by atoms with Crippen molar-refractivity contribution in [1.29, 1.82) is 0 Å². The Hall–Kier alpha value is -0.610. The van der Waals surface area contributed by atoms with E-state index in [1.165, 1.54) is 16.9 Å². The van der Waals surface area contributed by atoms with Gasteiger partial charge in [0.15, 0.2) is 0 Å². The predicted molar refractivity (Wildman–Crippen MR) is 73.8 cm³/mol. The normalized spacial score (nSPS) is 12.6. The molecule has 0 amide bonds. The summed E-state index contributed by atoms with van der Waals surface area (Å²) >= 11 is 13.2. The highest BCUT2D eigenvalue weighted by Crippen LogP contribution is 2.20. The second kappa shape index (κ2) is 5.83. The first-order chi connectivity index (χ1) is 8.15. The Morgan fingerprint density at radius 1 is 1.29 bits per heavy atom. The van der Waals surface area contributed by atoms with Gasteiger partial charge in [0, 0.05) is 17.6 Å². The molecule has 1 N–H and O–H groups in total. The molecule has 0 aliphatic carbocycles. The fourth-order valence-electron chi connectivity index (χ4n) is 1.48. The minimum absolute atomic E-state index is 0.259. The lowest BCUT2D eigenvalue weighted by molar-refractivity contribution is 0.573. The minimum Gasteiger partial charge on any atom is -0.304 e. The van der Waals surface area contributed by atoms with Crippen LogP contribution in [0.2, 0.25) is 9.36 Å². The molecule has 5 heteroatoms. The number of rotatable bonds is 4. The fraction of sp³-hybridized carbons (Fsp3) is 0.250. The summed E-state index contributed by atoms with van der Waals surface area (Å²) in [5.74, 6) is 0. The lowest BCUT2D eigenvalue weighted by Crippen LogP contribution is -2.17. The van der Waals surface area contributed by atoms with Crippen molar-refractivity contribution in [3.8, 4) is 0 Å². The van der Waals surface area contributed by atoms with Crippen molar-refractivity contribution in [2.24, 2.45) is 0 Å². The molecule has 1 atom stereocenters. The Balaban J connectivity index is 1.93. The van der Waals surface area contributed by atoms with Crippen molar-refractivity contribution in [3.05, 3.63) is 50.4 Å². The summed E-state index contributed by atoms with van der Waals surface area (Å²) in [6.45, 7) is 2.83. The minimum atomic E-state index is 0.259. The summed E-state index contributed by atoms with van der Waals surface area (Å²) in [7, 11) is 0. The molecule has 0 bridgehead atoms. The topological polar surface area (TPSA) is 24.9 Å². The third-order valence-electron chi connectivity index (χ3n) is 2.45. The zero-order valence-electron chi connectivity index (χ0n) is 9.28. The van der Waals surface area contributed by atoms with Crippen molar-refractivity contribution >= 4 is 34.5 Å². The van der Waals surface area contributed by atoms with E-state index >= 15 is 0 Å². The van der Waals surface area contributed by atoms with Gasteiger partial charge in [-0.25, -0.2) is 4.98 Å². The molecule has 0 saturated heterocycles. The molecule has 0 saturated carbocycles. The van der Waals surface area contributed by atoms with E-state index in [0.29, 0.717) is 0 Å². The third-order valence-corrected chi connectivity index (χ3v) is 3.82. The number of thiazole rings is 1. The van der Waals surface area contributed by atoms with Crippen molar-refractivity contribution < 1.29 is 0 Å². The molecule has 1 aromatic carbocycles. The number of halogens is 2. The van der Waals surface area contributed by atoms with Gasteiger partial charge < -0.3 is 5.32 Å². The maximum atomic E-state index is 5.85. The average molecular weight is 287 g/mol. The second-order valence-corrected chi connectivity index (χ2v) is 5.90. The van der Waals surface area contributed by atoms with Gasteiger partial charge in [0.1, 0.15) is 9.34 Å². The van der Waals surface area contributed by atoms with Gasteiger partial charge in [0.2, 0.25) is 0 Å². The molecule has 2 aromatic rings. The van der Waals surface area contributed by atoms with Crippen LogP contribution in [-0.2, 0) is 6.54 Å². The summed E-state index contributed by atoms with van der Waals surface area (Å²) in [5, 5.41) is 5.15. The lowest BCUT2D eigenvalue weighted by atomic mass is 10.1. The summed E-state index contributed by atoms with van der Waals surface area (Å²) in [4.78, 5) is 4.20. The molecule has 1 heterocycles. The smallest absolute Gasteiger partial charge is 0.113 e. The zero-order chi connectivity index (χ0) is 12.3. The number of hydrogen-bond acceptors (Lipinski definition) is 3. The molecule has 1 aromatic heterocycles. The average Bonchev–Trinajstić information content (AvgIpc) is 2.73. The molecule has 0 aliphatic heterocycles. The summed E-state index contributed by atoms with van der Waals surface area (Å²) in [6.07, 6.45) is 1.68. The molecule has 1 unspecified atom stereocenters. The Labute approximate surface area is 115 Å². The van der Waals surface area contributed by atoms with Crippen LogP contribution in [0.15, 0.2) is 30.5 Å². The Kier molecular flexibility index (Phi) is 4.40. The van der Waals surface area contributed by atoms with Crippen LogP contribution in [0.1, 0.15) is 23.5 Å². The van der Waals surface area contributed by atoms with E-state index in [1.807, 2.05) is 24.3 Å². The second-order valence-electron chi connectivity index (χ2n) is 3.71. The molecule has 2 rings (SSSR count). The highest BCUT2D eigenvalue weighted by Gasteiger charge is 2.06. The molecule has 17 heavy (non-hydrogen) atoms. The predicted octanol–water partition coefficient (Wildman–Crippen LogP) is 4.30. The van der Waals surface area contributed by atoms with Crippen LogP contribution in [0.3, 0.4) is 0 Å². The van der Waals surface area contributed by atoms with E-state index in [0.717, 1.165) is 20.9 Å². The van der Waals surface area contributed by atoms with Crippen molar-refractivity contribution in [2.75, 3.05) is 0 Å². The molecule has 0 fully saturated rings. The van der Waals surface area contributed by atoms with Crippen molar-refractivity contribution in [3.63, 3.8) is 0 Å². The molecule has 0 radical (unpaired) electrons. The summed E-state index contributed by atoms with van der Waals surface area (Å²) in [5.41, 5.74) is 1.21. The van der Waals surface area contributed by atoms with E-state index in [-0.39, 0.29) is 6.04 Å². The monoisotopic (exact) mass is 286 g/mol. The summed E-state index contributed by atoms with van der Waals surface area (Å²) in [6, 6.07) is 8.10. The Morgan fingerprint density at radius 3 is 2.59 bits per heavy atom. The number of aromatic nitrogens is 1. The zero-order valence-corrected chi connectivity index (χ0v) is 11.6. The quantitative estimate of drug-likeness (QED) is 0.906. The first-order valence-electron chi connectivity index (χ1n) is 5.24. The Morgan fingerprint density at radius 2 is 2.00 bits per heavy atom. The molecular weight excluding hydrogens is 275 g/mol. The fourth-order valence-corrected chi connectivity index (χ4v) is 2.51. The van der Waals surface area contributed by atoms with Crippen molar-refractivity contribution in [1.82, 2.24) is 10.3 Å². The van der Waals surface area contributed by atoms with Gasteiger partial charge in [-0.3, -0.25) is 0 Å². The van der Waals surface area contributed by atoms with E-state index < -0.39 is 0 Å². The largest absolute Gasteiger partial charge is 0.304 e. The maximum absolute atomic E-state index is 5.85. The van der Waals surface area contributed by atoms with Crippen molar-refractivity contribution in [2.45, 2.75) is 19.5 Å². The molecule has 90 valence electrons. The highest BCUT2D eigenvalue weighted by atomic mass is 35.5. The maximum Gasteiger partial charge on any atom is 0.113 e. The molecule has 0 aliphatic rings. The van der Waals surface area contributed by atoms with Crippen LogP contribution in [0.4, 0.5) is 0 Å². The van der Waals surface area contributed by atoms with Gasteiger partial charge in [0.25, 0.3) is 0 Å². The molecular formula is C12H12Cl2N2S. The van der Waals surface area contributed by atoms with Gasteiger partial charge in [-0.05, 0) is 24.6 Å².